The average Bonchev–Trinajstić information content (AvgIpc) is 2.29. The summed E-state index contributed by atoms with van der Waals surface area (Å²) in [4.78, 5) is 0. The largest absolute Gasteiger partial charge is 0.266 e. The zero-order chi connectivity index (χ0) is 9.35. The van der Waals surface area contributed by atoms with Crippen LogP contribution >= 0.6 is 15.9 Å². The summed E-state index contributed by atoms with van der Waals surface area (Å²) in [6, 6.07) is 0. The molecule has 0 unspecified atom stereocenters. The Hall–Kier alpha value is -0.310. The van der Waals surface area contributed by atoms with Gasteiger partial charge in [0.2, 0.25) is 0 Å². The second kappa shape index (κ2) is 3.21. The number of nitrogens with zero attached hydrogens (tertiary/aromatic N) is 2. The van der Waals surface area contributed by atoms with E-state index in [2.05, 4.69) is 48.7 Å². The second-order valence-electron chi connectivity index (χ2n) is 3.89. The summed E-state index contributed by atoms with van der Waals surface area (Å²) < 4.78 is 3.11. The zero-order valence-electron chi connectivity index (χ0n) is 8.06. The number of aromatic nitrogens is 2. The maximum atomic E-state index is 4.47. The highest BCUT2D eigenvalue weighted by molar-refractivity contribution is 9.10. The molecule has 0 amide bonds. The number of hydrogen-bond acceptors (Lipinski definition) is 1. The first-order chi connectivity index (χ1) is 5.45. The predicted molar refractivity (Wildman–Crippen MR) is 54.3 cm³/mol. The summed E-state index contributed by atoms with van der Waals surface area (Å²) in [6.07, 6.45) is 3.02. The van der Waals surface area contributed by atoms with Gasteiger partial charge in [0.25, 0.3) is 0 Å². The Balaban J connectivity index is 3.05. The molecule has 0 aliphatic heterocycles. The van der Waals surface area contributed by atoms with Crippen LogP contribution in [-0.2, 0) is 12.0 Å². The van der Waals surface area contributed by atoms with Crippen LogP contribution in [0.3, 0.4) is 0 Å². The third kappa shape index (κ3) is 1.89. The Morgan fingerprint density at radius 3 is 2.33 bits per heavy atom. The van der Waals surface area contributed by atoms with Crippen LogP contribution < -0.4 is 0 Å². The topological polar surface area (TPSA) is 17.8 Å². The molecule has 1 heterocycles. The molecule has 1 aromatic rings. The van der Waals surface area contributed by atoms with Crippen molar-refractivity contribution in [3.8, 4) is 0 Å². The van der Waals surface area contributed by atoms with Gasteiger partial charge in [-0.15, -0.1) is 0 Å². The van der Waals surface area contributed by atoms with Gasteiger partial charge in [-0.3, -0.25) is 4.68 Å². The Morgan fingerprint density at radius 1 is 1.50 bits per heavy atom. The molecule has 68 valence electrons. The lowest BCUT2D eigenvalue weighted by Gasteiger charge is -2.18. The van der Waals surface area contributed by atoms with Gasteiger partial charge in [-0.25, -0.2) is 0 Å². The molecule has 0 aromatic carbocycles. The van der Waals surface area contributed by atoms with Crippen LogP contribution in [0.1, 0.15) is 33.4 Å². The van der Waals surface area contributed by atoms with E-state index in [1.54, 1.807) is 0 Å². The quantitative estimate of drug-likeness (QED) is 0.726. The van der Waals surface area contributed by atoms with Gasteiger partial charge in [-0.2, -0.15) is 5.10 Å². The molecule has 0 aliphatic rings. The molecule has 2 nitrogen and oxygen atoms in total. The molecule has 1 aromatic heterocycles. The lowest BCUT2D eigenvalue weighted by atomic mass is 10.1. The first kappa shape index (κ1) is 9.78. The molecule has 0 bridgehead atoms. The van der Waals surface area contributed by atoms with E-state index in [1.807, 2.05) is 10.9 Å². The van der Waals surface area contributed by atoms with E-state index in [4.69, 9.17) is 0 Å². The smallest absolute Gasteiger partial charge is 0.0764 e. The molecule has 0 atom stereocenters. The highest BCUT2D eigenvalue weighted by Gasteiger charge is 2.15. The van der Waals surface area contributed by atoms with Crippen LogP contribution in [0.15, 0.2) is 10.7 Å². The van der Waals surface area contributed by atoms with Crippen molar-refractivity contribution in [1.29, 1.82) is 0 Å². The molecule has 0 spiro atoms. The Kier molecular flexibility index (Phi) is 2.61. The SMILES string of the molecule is CCc1nn(C(C)(C)C)cc1Br. The number of halogens is 1. The van der Waals surface area contributed by atoms with Crippen molar-refractivity contribution in [2.45, 2.75) is 39.7 Å². The van der Waals surface area contributed by atoms with Crippen molar-refractivity contribution < 1.29 is 0 Å². The van der Waals surface area contributed by atoms with Crippen LogP contribution in [-0.4, -0.2) is 9.78 Å². The van der Waals surface area contributed by atoms with Gasteiger partial charge in [-0.1, -0.05) is 6.92 Å². The van der Waals surface area contributed by atoms with E-state index >= 15 is 0 Å². The summed E-state index contributed by atoms with van der Waals surface area (Å²) in [6.45, 7) is 8.55. The standard InChI is InChI=1S/C9H15BrN2/c1-5-8-7(10)6-12(11-8)9(2,3)4/h6H,5H2,1-4H3. The lowest BCUT2D eigenvalue weighted by Crippen LogP contribution is -2.22. The molecule has 0 saturated carbocycles. The van der Waals surface area contributed by atoms with E-state index in [9.17, 15) is 0 Å². The maximum absolute atomic E-state index is 4.47. The van der Waals surface area contributed by atoms with Crippen LogP contribution in [0.4, 0.5) is 0 Å². The number of hydrogen-bond donors (Lipinski definition) is 0. The molecular weight excluding hydrogens is 216 g/mol. The van der Waals surface area contributed by atoms with Crippen LogP contribution in [0, 0.1) is 0 Å². The molecule has 0 N–H and O–H groups in total. The molecular formula is C9H15BrN2. The fourth-order valence-corrected chi connectivity index (χ4v) is 1.53. The van der Waals surface area contributed by atoms with E-state index < -0.39 is 0 Å². The minimum Gasteiger partial charge on any atom is -0.266 e. The lowest BCUT2D eigenvalue weighted by molar-refractivity contribution is 0.353. The number of aryl methyl sites for hydroxylation is 1. The first-order valence-electron chi connectivity index (χ1n) is 4.19. The summed E-state index contributed by atoms with van der Waals surface area (Å²) >= 11 is 3.49. The molecule has 12 heavy (non-hydrogen) atoms. The van der Waals surface area contributed by atoms with Crippen molar-refractivity contribution >= 4 is 15.9 Å². The monoisotopic (exact) mass is 230 g/mol. The fraction of sp³-hybridized carbons (Fsp3) is 0.667. The third-order valence-corrected chi connectivity index (χ3v) is 2.42. The van der Waals surface area contributed by atoms with E-state index in [1.165, 1.54) is 0 Å². The maximum Gasteiger partial charge on any atom is 0.0764 e. The van der Waals surface area contributed by atoms with Gasteiger partial charge in [0.1, 0.15) is 0 Å². The molecule has 0 fully saturated rings. The Labute approximate surface area is 82.1 Å². The normalized spacial score (nSPS) is 12.1. The van der Waals surface area contributed by atoms with E-state index in [-0.39, 0.29) is 5.54 Å². The van der Waals surface area contributed by atoms with Crippen LogP contribution in [0.2, 0.25) is 0 Å². The summed E-state index contributed by atoms with van der Waals surface area (Å²) in [7, 11) is 0. The van der Waals surface area contributed by atoms with E-state index in [0.29, 0.717) is 0 Å². The van der Waals surface area contributed by atoms with Crippen LogP contribution in [0.25, 0.3) is 0 Å². The minimum atomic E-state index is 0.0793. The van der Waals surface area contributed by atoms with Crippen LogP contribution in [0.5, 0.6) is 0 Å². The fourth-order valence-electron chi connectivity index (χ4n) is 0.972. The van der Waals surface area contributed by atoms with Crippen molar-refractivity contribution in [2.24, 2.45) is 0 Å². The first-order valence-corrected chi connectivity index (χ1v) is 4.99. The van der Waals surface area contributed by atoms with Gasteiger partial charge >= 0.3 is 0 Å². The highest BCUT2D eigenvalue weighted by Crippen LogP contribution is 2.20. The van der Waals surface area contributed by atoms with Crippen molar-refractivity contribution in [2.75, 3.05) is 0 Å². The molecule has 3 heteroatoms. The third-order valence-electron chi connectivity index (χ3n) is 1.76. The second-order valence-corrected chi connectivity index (χ2v) is 4.75. The average molecular weight is 231 g/mol. The number of rotatable bonds is 1. The van der Waals surface area contributed by atoms with Crippen molar-refractivity contribution in [1.82, 2.24) is 9.78 Å². The molecule has 1 rings (SSSR count). The van der Waals surface area contributed by atoms with Gasteiger partial charge in [0.15, 0.2) is 0 Å². The van der Waals surface area contributed by atoms with Crippen molar-refractivity contribution in [3.63, 3.8) is 0 Å². The highest BCUT2D eigenvalue weighted by atomic mass is 79.9. The van der Waals surface area contributed by atoms with Gasteiger partial charge in [0, 0.05) is 6.20 Å². The zero-order valence-corrected chi connectivity index (χ0v) is 9.64. The molecule has 0 aliphatic carbocycles. The minimum absolute atomic E-state index is 0.0793. The van der Waals surface area contributed by atoms with Gasteiger partial charge in [-0.05, 0) is 43.1 Å². The molecule has 0 radical (unpaired) electrons. The Morgan fingerprint density at radius 2 is 2.08 bits per heavy atom. The predicted octanol–water partition coefficient (Wildman–Crippen LogP) is 2.96. The van der Waals surface area contributed by atoms with Crippen molar-refractivity contribution in [3.05, 3.63) is 16.4 Å². The van der Waals surface area contributed by atoms with E-state index in [0.717, 1.165) is 16.6 Å². The molecule has 0 saturated heterocycles. The summed E-state index contributed by atoms with van der Waals surface area (Å²) in [5, 5.41) is 4.47. The van der Waals surface area contributed by atoms with Gasteiger partial charge < -0.3 is 0 Å². The summed E-state index contributed by atoms with van der Waals surface area (Å²) in [5.74, 6) is 0. The van der Waals surface area contributed by atoms with Gasteiger partial charge in [0.05, 0.1) is 15.7 Å². The summed E-state index contributed by atoms with van der Waals surface area (Å²) in [5.41, 5.74) is 1.21. The Bertz CT molecular complexity index is 271.